The number of aliphatic imine (C=N–C) groups is 1. The van der Waals surface area contributed by atoms with Crippen LogP contribution < -0.4 is 4.74 Å². The van der Waals surface area contributed by atoms with Crippen LogP contribution in [0.1, 0.15) is 12.5 Å². The molecule has 3 N–H and O–H groups in total. The van der Waals surface area contributed by atoms with E-state index in [-0.39, 0.29) is 12.4 Å². The van der Waals surface area contributed by atoms with E-state index in [1.807, 2.05) is 0 Å². The van der Waals surface area contributed by atoms with Gasteiger partial charge in [-0.15, -0.1) is 0 Å². The smallest absolute Gasteiger partial charge is 0.177 e. The predicted molar refractivity (Wildman–Crippen MR) is 83.2 cm³/mol. The van der Waals surface area contributed by atoms with E-state index in [4.69, 9.17) is 18.9 Å². The SMILES string of the molecule is COc1cccc(C=NC2OC3COC(C)OC3C(O)C2O)c1O. The number of aliphatic hydroxyl groups excluding tert-OH is 2. The Morgan fingerprint density at radius 3 is 2.79 bits per heavy atom. The van der Waals surface area contributed by atoms with Crippen molar-refractivity contribution in [3.8, 4) is 11.5 Å². The zero-order chi connectivity index (χ0) is 17.3. The molecule has 2 aliphatic rings. The molecule has 2 fully saturated rings. The highest BCUT2D eigenvalue weighted by Gasteiger charge is 2.47. The Hall–Kier alpha value is -1.71. The summed E-state index contributed by atoms with van der Waals surface area (Å²) in [5.74, 6) is 0.248. The molecular weight excluding hydrogens is 318 g/mol. The van der Waals surface area contributed by atoms with Gasteiger partial charge in [0.05, 0.1) is 13.7 Å². The molecule has 1 aromatic carbocycles. The van der Waals surface area contributed by atoms with Crippen LogP contribution in [0.15, 0.2) is 23.2 Å². The fourth-order valence-corrected chi connectivity index (χ4v) is 2.80. The van der Waals surface area contributed by atoms with Crippen molar-refractivity contribution in [3.63, 3.8) is 0 Å². The van der Waals surface area contributed by atoms with Crippen molar-refractivity contribution in [1.29, 1.82) is 0 Å². The van der Waals surface area contributed by atoms with E-state index in [0.717, 1.165) is 0 Å². The fourth-order valence-electron chi connectivity index (χ4n) is 2.80. The average Bonchev–Trinajstić information content (AvgIpc) is 2.58. The molecule has 6 atom stereocenters. The van der Waals surface area contributed by atoms with Gasteiger partial charge in [-0.05, 0) is 19.1 Å². The second-order valence-corrected chi connectivity index (χ2v) is 5.72. The summed E-state index contributed by atoms with van der Waals surface area (Å²) in [5, 5.41) is 30.5. The molecule has 6 unspecified atom stereocenters. The summed E-state index contributed by atoms with van der Waals surface area (Å²) in [6, 6.07) is 4.96. The van der Waals surface area contributed by atoms with E-state index >= 15 is 0 Å². The molecule has 2 saturated heterocycles. The maximum atomic E-state index is 10.2. The number of aromatic hydroxyl groups is 1. The molecule has 24 heavy (non-hydrogen) atoms. The van der Waals surface area contributed by atoms with Crippen molar-refractivity contribution < 1.29 is 34.3 Å². The van der Waals surface area contributed by atoms with E-state index in [1.54, 1.807) is 25.1 Å². The molecule has 132 valence electrons. The number of nitrogens with zero attached hydrogens (tertiary/aromatic N) is 1. The molecule has 0 spiro atoms. The Labute approximate surface area is 139 Å². The third-order valence-electron chi connectivity index (χ3n) is 4.11. The lowest BCUT2D eigenvalue weighted by atomic mass is 9.97. The lowest BCUT2D eigenvalue weighted by molar-refractivity contribution is -0.319. The van der Waals surface area contributed by atoms with Crippen LogP contribution in [0.3, 0.4) is 0 Å². The van der Waals surface area contributed by atoms with Crippen molar-refractivity contribution in [3.05, 3.63) is 23.8 Å². The quantitative estimate of drug-likeness (QED) is 0.666. The summed E-state index contributed by atoms with van der Waals surface area (Å²) in [6.07, 6.45) is -3.68. The van der Waals surface area contributed by atoms with E-state index < -0.39 is 36.9 Å². The first-order chi connectivity index (χ1) is 11.5. The third-order valence-corrected chi connectivity index (χ3v) is 4.11. The second kappa shape index (κ2) is 7.04. The number of benzene rings is 1. The highest BCUT2D eigenvalue weighted by molar-refractivity contribution is 5.84. The van der Waals surface area contributed by atoms with Crippen LogP contribution in [-0.2, 0) is 14.2 Å². The Kier molecular flexibility index (Phi) is 5.02. The van der Waals surface area contributed by atoms with Gasteiger partial charge in [0.25, 0.3) is 0 Å². The van der Waals surface area contributed by atoms with Crippen molar-refractivity contribution in [1.82, 2.24) is 0 Å². The number of rotatable bonds is 3. The van der Waals surface area contributed by atoms with Gasteiger partial charge in [-0.2, -0.15) is 0 Å². The Morgan fingerprint density at radius 1 is 1.25 bits per heavy atom. The molecular formula is C16H21NO7. The Balaban J connectivity index is 1.76. The van der Waals surface area contributed by atoms with E-state index in [9.17, 15) is 15.3 Å². The standard InChI is InChI=1S/C16H21NO7/c1-8-22-7-11-15(23-8)13(19)14(20)16(24-11)17-6-9-4-3-5-10(21-2)12(9)18/h3-6,8,11,13-16,18-20H,7H2,1-2H3. The number of ether oxygens (including phenoxy) is 4. The summed E-state index contributed by atoms with van der Waals surface area (Å²) in [6.45, 7) is 1.96. The van der Waals surface area contributed by atoms with E-state index in [0.29, 0.717) is 11.3 Å². The van der Waals surface area contributed by atoms with Gasteiger partial charge >= 0.3 is 0 Å². The second-order valence-electron chi connectivity index (χ2n) is 5.72. The molecule has 0 aliphatic carbocycles. The maximum Gasteiger partial charge on any atom is 0.177 e. The first-order valence-corrected chi connectivity index (χ1v) is 7.69. The van der Waals surface area contributed by atoms with Crippen molar-refractivity contribution in [2.45, 2.75) is 43.9 Å². The van der Waals surface area contributed by atoms with Crippen LogP contribution >= 0.6 is 0 Å². The minimum Gasteiger partial charge on any atom is -0.504 e. The van der Waals surface area contributed by atoms with Crippen molar-refractivity contribution in [2.75, 3.05) is 13.7 Å². The van der Waals surface area contributed by atoms with Crippen LogP contribution in [0.4, 0.5) is 0 Å². The van der Waals surface area contributed by atoms with Gasteiger partial charge in [0.15, 0.2) is 24.0 Å². The van der Waals surface area contributed by atoms with Gasteiger partial charge in [0, 0.05) is 11.8 Å². The number of para-hydroxylation sites is 1. The summed E-state index contributed by atoms with van der Waals surface area (Å²) >= 11 is 0. The van der Waals surface area contributed by atoms with Gasteiger partial charge in [0.1, 0.15) is 24.4 Å². The predicted octanol–water partition coefficient (Wildman–Crippen LogP) is 0.0278. The Morgan fingerprint density at radius 2 is 2.04 bits per heavy atom. The number of aliphatic hydroxyl groups is 2. The van der Waals surface area contributed by atoms with E-state index in [1.165, 1.54) is 13.3 Å². The normalized spacial score (nSPS) is 36.5. The van der Waals surface area contributed by atoms with E-state index in [2.05, 4.69) is 4.99 Å². The zero-order valence-corrected chi connectivity index (χ0v) is 13.4. The average molecular weight is 339 g/mol. The number of hydrogen-bond acceptors (Lipinski definition) is 8. The monoisotopic (exact) mass is 339 g/mol. The summed E-state index contributed by atoms with van der Waals surface area (Å²) in [7, 11) is 1.45. The van der Waals surface area contributed by atoms with Gasteiger partial charge < -0.3 is 34.3 Å². The van der Waals surface area contributed by atoms with Crippen LogP contribution in [0.2, 0.25) is 0 Å². The van der Waals surface area contributed by atoms with Gasteiger partial charge in [-0.1, -0.05) is 6.07 Å². The van der Waals surface area contributed by atoms with Crippen molar-refractivity contribution >= 4 is 6.21 Å². The summed E-state index contributed by atoms with van der Waals surface area (Å²) in [5.41, 5.74) is 0.409. The minimum atomic E-state index is -1.25. The van der Waals surface area contributed by atoms with Gasteiger partial charge in [-0.3, -0.25) is 4.99 Å². The first kappa shape index (κ1) is 17.1. The lowest BCUT2D eigenvalue weighted by Crippen LogP contribution is -2.62. The largest absolute Gasteiger partial charge is 0.504 e. The molecule has 8 heteroatoms. The number of fused-ring (bicyclic) bond motifs is 1. The molecule has 2 heterocycles. The number of phenolic OH excluding ortho intramolecular Hbond substituents is 1. The molecule has 3 rings (SSSR count). The number of phenols is 1. The van der Waals surface area contributed by atoms with Gasteiger partial charge in [-0.25, -0.2) is 0 Å². The maximum absolute atomic E-state index is 10.2. The molecule has 8 nitrogen and oxygen atoms in total. The topological polar surface area (TPSA) is 110 Å². The summed E-state index contributed by atoms with van der Waals surface area (Å²) in [4.78, 5) is 4.15. The number of methoxy groups -OCH3 is 1. The highest BCUT2D eigenvalue weighted by atomic mass is 16.7. The Bertz CT molecular complexity index is 606. The third kappa shape index (κ3) is 3.24. The van der Waals surface area contributed by atoms with Crippen LogP contribution in [0.5, 0.6) is 11.5 Å². The zero-order valence-electron chi connectivity index (χ0n) is 13.4. The highest BCUT2D eigenvalue weighted by Crippen LogP contribution is 2.30. The molecule has 1 aromatic rings. The lowest BCUT2D eigenvalue weighted by Gasteiger charge is -2.44. The molecule has 0 amide bonds. The summed E-state index contributed by atoms with van der Waals surface area (Å²) < 4.78 is 21.5. The molecule has 0 bridgehead atoms. The molecule has 0 aromatic heterocycles. The number of hydrogen-bond donors (Lipinski definition) is 3. The molecule has 2 aliphatic heterocycles. The molecule has 0 radical (unpaired) electrons. The van der Waals surface area contributed by atoms with Gasteiger partial charge in [0.2, 0.25) is 0 Å². The van der Waals surface area contributed by atoms with Crippen LogP contribution in [-0.4, -0.2) is 72.2 Å². The van der Waals surface area contributed by atoms with Crippen molar-refractivity contribution in [2.24, 2.45) is 4.99 Å². The molecule has 0 saturated carbocycles. The fraction of sp³-hybridized carbons (Fsp3) is 0.562. The first-order valence-electron chi connectivity index (χ1n) is 7.69. The minimum absolute atomic E-state index is 0.0642. The van der Waals surface area contributed by atoms with Crippen LogP contribution in [0, 0.1) is 0 Å². The van der Waals surface area contributed by atoms with Crippen LogP contribution in [0.25, 0.3) is 0 Å².